The molecule has 0 radical (unpaired) electrons. The molecule has 0 atom stereocenters. The maximum Gasteiger partial charge on any atom is 0.317 e. The summed E-state index contributed by atoms with van der Waals surface area (Å²) in [6.07, 6.45) is 8.02. The van der Waals surface area contributed by atoms with Gasteiger partial charge in [0, 0.05) is 26.2 Å². The number of nitrogens with zero attached hydrogens (tertiary/aromatic N) is 2. The monoisotopic (exact) mass is 297 g/mol. The molecule has 124 valence electrons. The van der Waals surface area contributed by atoms with Crippen molar-refractivity contribution in [2.75, 3.05) is 40.3 Å². The van der Waals surface area contributed by atoms with Crippen LogP contribution < -0.4 is 5.32 Å². The molecule has 1 fully saturated rings. The average Bonchev–Trinajstić information content (AvgIpc) is 2.92. The number of hydrogen-bond acceptors (Lipinski definition) is 2. The minimum atomic E-state index is 0.108. The van der Waals surface area contributed by atoms with Crippen molar-refractivity contribution in [2.24, 2.45) is 11.8 Å². The first kappa shape index (κ1) is 18.3. The van der Waals surface area contributed by atoms with Crippen molar-refractivity contribution in [3.8, 4) is 0 Å². The molecule has 0 heterocycles. The highest BCUT2D eigenvalue weighted by Crippen LogP contribution is 2.28. The topological polar surface area (TPSA) is 35.6 Å². The number of hydrogen-bond donors (Lipinski definition) is 1. The second-order valence-corrected chi connectivity index (χ2v) is 7.17. The molecule has 0 bridgehead atoms. The van der Waals surface area contributed by atoms with Gasteiger partial charge in [-0.3, -0.25) is 0 Å². The predicted molar refractivity (Wildman–Crippen MR) is 89.6 cm³/mol. The van der Waals surface area contributed by atoms with Crippen molar-refractivity contribution in [1.29, 1.82) is 0 Å². The van der Waals surface area contributed by atoms with Gasteiger partial charge in [-0.2, -0.15) is 0 Å². The Bertz CT molecular complexity index is 286. The largest absolute Gasteiger partial charge is 0.338 e. The fourth-order valence-electron chi connectivity index (χ4n) is 3.03. The van der Waals surface area contributed by atoms with Gasteiger partial charge in [0.1, 0.15) is 0 Å². The molecule has 1 N–H and O–H groups in total. The van der Waals surface area contributed by atoms with Crippen LogP contribution in [0.3, 0.4) is 0 Å². The lowest BCUT2D eigenvalue weighted by atomic mass is 10.0. The molecule has 4 nitrogen and oxygen atoms in total. The summed E-state index contributed by atoms with van der Waals surface area (Å²) in [5, 5.41) is 3.10. The number of carbonyl (C=O) groups is 1. The number of nitrogens with one attached hydrogen (secondary N) is 1. The van der Waals surface area contributed by atoms with Crippen LogP contribution in [0.5, 0.6) is 0 Å². The highest BCUT2D eigenvalue weighted by Gasteiger charge is 2.16. The lowest BCUT2D eigenvalue weighted by molar-refractivity contribution is 0.184. The normalized spacial score (nSPS) is 15.9. The Kier molecular flexibility index (Phi) is 8.74. The second kappa shape index (κ2) is 10.0. The van der Waals surface area contributed by atoms with Crippen molar-refractivity contribution < 1.29 is 4.79 Å². The molecule has 0 aliphatic heterocycles. The van der Waals surface area contributed by atoms with E-state index in [0.717, 1.165) is 38.5 Å². The molecule has 1 rings (SSSR count). The third-order valence-corrected chi connectivity index (χ3v) is 4.23. The first-order valence-corrected chi connectivity index (χ1v) is 8.66. The zero-order chi connectivity index (χ0) is 15.7. The predicted octanol–water partition coefficient (Wildman–Crippen LogP) is 3.19. The Morgan fingerprint density at radius 2 is 1.86 bits per heavy atom. The van der Waals surface area contributed by atoms with Crippen molar-refractivity contribution in [3.05, 3.63) is 0 Å². The number of rotatable bonds is 9. The fourth-order valence-corrected chi connectivity index (χ4v) is 3.03. The zero-order valence-electron chi connectivity index (χ0n) is 14.5. The van der Waals surface area contributed by atoms with Gasteiger partial charge in [-0.1, -0.05) is 39.5 Å². The van der Waals surface area contributed by atoms with Gasteiger partial charge < -0.3 is 15.1 Å². The van der Waals surface area contributed by atoms with Gasteiger partial charge in [0.15, 0.2) is 0 Å². The molecule has 1 aliphatic rings. The standard InChI is InChI=1S/C17H35N3O/c1-15(2)14-20(13-12-19(3)4)17(21)18-11-7-10-16-8-5-6-9-16/h15-16H,5-14H2,1-4H3,(H,18,21). The van der Waals surface area contributed by atoms with Gasteiger partial charge in [-0.05, 0) is 38.8 Å². The van der Waals surface area contributed by atoms with Crippen molar-refractivity contribution in [3.63, 3.8) is 0 Å². The molecule has 2 amide bonds. The van der Waals surface area contributed by atoms with E-state index in [1.807, 2.05) is 19.0 Å². The Hall–Kier alpha value is -0.770. The Balaban J connectivity index is 2.22. The van der Waals surface area contributed by atoms with E-state index in [2.05, 4.69) is 24.1 Å². The summed E-state index contributed by atoms with van der Waals surface area (Å²) in [6, 6.07) is 0.108. The summed E-state index contributed by atoms with van der Waals surface area (Å²) >= 11 is 0. The van der Waals surface area contributed by atoms with Crippen LogP contribution >= 0.6 is 0 Å². The lowest BCUT2D eigenvalue weighted by Gasteiger charge is -2.26. The van der Waals surface area contributed by atoms with E-state index in [1.54, 1.807) is 0 Å². The first-order chi connectivity index (χ1) is 9.99. The molecule has 0 saturated heterocycles. The van der Waals surface area contributed by atoms with E-state index in [4.69, 9.17) is 0 Å². The Morgan fingerprint density at radius 3 is 2.43 bits per heavy atom. The molecule has 1 saturated carbocycles. The number of likely N-dealkylation sites (N-methyl/N-ethyl adjacent to an activating group) is 1. The quantitative estimate of drug-likeness (QED) is 0.663. The first-order valence-electron chi connectivity index (χ1n) is 8.66. The van der Waals surface area contributed by atoms with Crippen molar-refractivity contribution >= 4 is 6.03 Å². The van der Waals surface area contributed by atoms with Crippen LogP contribution in [0.2, 0.25) is 0 Å². The minimum Gasteiger partial charge on any atom is -0.338 e. The second-order valence-electron chi connectivity index (χ2n) is 7.17. The summed E-state index contributed by atoms with van der Waals surface area (Å²) in [7, 11) is 4.10. The third kappa shape index (κ3) is 8.30. The Morgan fingerprint density at radius 1 is 1.19 bits per heavy atom. The lowest BCUT2D eigenvalue weighted by Crippen LogP contribution is -2.45. The molecule has 21 heavy (non-hydrogen) atoms. The number of carbonyl (C=O) groups excluding carboxylic acids is 1. The van der Waals surface area contributed by atoms with Crippen molar-refractivity contribution in [1.82, 2.24) is 15.1 Å². The number of amides is 2. The number of urea groups is 1. The molecule has 0 aromatic carbocycles. The highest BCUT2D eigenvalue weighted by atomic mass is 16.2. The van der Waals surface area contributed by atoms with Crippen LogP contribution in [-0.4, -0.2) is 56.1 Å². The molecule has 4 heteroatoms. The maximum absolute atomic E-state index is 12.3. The fraction of sp³-hybridized carbons (Fsp3) is 0.941. The molecular weight excluding hydrogens is 262 g/mol. The zero-order valence-corrected chi connectivity index (χ0v) is 14.5. The molecule has 0 aromatic heterocycles. The summed E-state index contributed by atoms with van der Waals surface area (Å²) in [5.74, 6) is 1.43. The molecule has 0 unspecified atom stereocenters. The average molecular weight is 297 g/mol. The molecule has 0 aromatic rings. The Labute approximate surface area is 131 Å². The minimum absolute atomic E-state index is 0.108. The molecular formula is C17H35N3O. The van der Waals surface area contributed by atoms with E-state index in [0.29, 0.717) is 5.92 Å². The van der Waals surface area contributed by atoms with Gasteiger partial charge in [0.05, 0.1) is 0 Å². The van der Waals surface area contributed by atoms with Crippen molar-refractivity contribution in [2.45, 2.75) is 52.4 Å². The van der Waals surface area contributed by atoms with Crippen LogP contribution in [-0.2, 0) is 0 Å². The van der Waals surface area contributed by atoms with Crippen LogP contribution in [0.25, 0.3) is 0 Å². The molecule has 0 spiro atoms. The molecule has 1 aliphatic carbocycles. The van der Waals surface area contributed by atoms with E-state index in [1.165, 1.54) is 32.1 Å². The maximum atomic E-state index is 12.3. The highest BCUT2D eigenvalue weighted by molar-refractivity contribution is 5.74. The van der Waals surface area contributed by atoms with Crippen LogP contribution in [0.4, 0.5) is 4.79 Å². The van der Waals surface area contributed by atoms with Crippen LogP contribution in [0.15, 0.2) is 0 Å². The van der Waals surface area contributed by atoms with Crippen LogP contribution in [0.1, 0.15) is 52.4 Å². The van der Waals surface area contributed by atoms with E-state index in [9.17, 15) is 4.79 Å². The van der Waals surface area contributed by atoms with E-state index < -0.39 is 0 Å². The van der Waals surface area contributed by atoms with Gasteiger partial charge in [-0.15, -0.1) is 0 Å². The van der Waals surface area contributed by atoms with Gasteiger partial charge in [0.2, 0.25) is 0 Å². The third-order valence-electron chi connectivity index (χ3n) is 4.23. The smallest absolute Gasteiger partial charge is 0.317 e. The van der Waals surface area contributed by atoms with E-state index in [-0.39, 0.29) is 6.03 Å². The summed E-state index contributed by atoms with van der Waals surface area (Å²) in [4.78, 5) is 16.4. The summed E-state index contributed by atoms with van der Waals surface area (Å²) < 4.78 is 0. The summed E-state index contributed by atoms with van der Waals surface area (Å²) in [5.41, 5.74) is 0. The van der Waals surface area contributed by atoms with Gasteiger partial charge in [-0.25, -0.2) is 4.79 Å². The van der Waals surface area contributed by atoms with Crippen LogP contribution in [0, 0.1) is 11.8 Å². The van der Waals surface area contributed by atoms with Gasteiger partial charge in [0.25, 0.3) is 0 Å². The SMILES string of the molecule is CC(C)CN(CCN(C)C)C(=O)NCCCC1CCCC1. The van der Waals surface area contributed by atoms with Gasteiger partial charge >= 0.3 is 6.03 Å². The van der Waals surface area contributed by atoms with E-state index >= 15 is 0 Å². The summed E-state index contributed by atoms with van der Waals surface area (Å²) in [6.45, 7) is 7.71.